The summed E-state index contributed by atoms with van der Waals surface area (Å²) in [7, 11) is 0. The van der Waals surface area contributed by atoms with Crippen LogP contribution in [0.25, 0.3) is 5.69 Å². The van der Waals surface area contributed by atoms with Crippen molar-refractivity contribution in [2.45, 2.75) is 38.1 Å². The van der Waals surface area contributed by atoms with Crippen molar-refractivity contribution in [1.82, 2.24) is 30.0 Å². The van der Waals surface area contributed by atoms with Crippen LogP contribution in [0, 0.1) is 0 Å². The molecule has 6 rings (SSSR count). The average molecular weight is 514 g/mol. The van der Waals surface area contributed by atoms with Gasteiger partial charge in [-0.05, 0) is 65.7 Å². The Morgan fingerprint density at radius 3 is 2.58 bits per heavy atom. The Kier molecular flexibility index (Phi) is 6.99. The third-order valence-electron chi connectivity index (χ3n) is 7.13. The monoisotopic (exact) mass is 513 g/mol. The smallest absolute Gasteiger partial charge is 0.255 e. The Labute approximate surface area is 220 Å². The van der Waals surface area contributed by atoms with Gasteiger partial charge in [0, 0.05) is 30.0 Å². The van der Waals surface area contributed by atoms with E-state index in [4.69, 9.17) is 4.74 Å². The second-order valence-electron chi connectivity index (χ2n) is 9.69. The maximum Gasteiger partial charge on any atom is 0.255 e. The first-order chi connectivity index (χ1) is 18.7. The zero-order valence-corrected chi connectivity index (χ0v) is 21.2. The first-order valence-electron chi connectivity index (χ1n) is 13.2. The van der Waals surface area contributed by atoms with E-state index in [1.165, 1.54) is 19.3 Å². The largest absolute Gasteiger partial charge is 0.378 e. The van der Waals surface area contributed by atoms with Crippen LogP contribution < -0.4 is 15.5 Å². The van der Waals surface area contributed by atoms with Crippen molar-refractivity contribution in [2.24, 2.45) is 0 Å². The Bertz CT molecular complexity index is 1370. The zero-order valence-electron chi connectivity index (χ0n) is 21.2. The minimum atomic E-state index is -0.178. The normalized spacial score (nSPS) is 16.4. The third-order valence-corrected chi connectivity index (χ3v) is 7.13. The van der Waals surface area contributed by atoms with Gasteiger partial charge in [0.1, 0.15) is 0 Å². The fraction of sp³-hybridized carbons (Fsp3) is 0.370. The molecule has 2 aromatic carbocycles. The van der Waals surface area contributed by atoms with Crippen LogP contribution in [0.3, 0.4) is 0 Å². The number of carbonyl (C=O) groups excluding carboxylic acids is 1. The van der Waals surface area contributed by atoms with Crippen LogP contribution in [0.2, 0.25) is 0 Å². The second kappa shape index (κ2) is 11.0. The quantitative estimate of drug-likeness (QED) is 0.378. The predicted molar refractivity (Wildman–Crippen MR) is 144 cm³/mol. The number of hydrogen-bond acceptors (Lipinski definition) is 8. The molecule has 0 radical (unpaired) electrons. The summed E-state index contributed by atoms with van der Waals surface area (Å²) in [5.74, 6) is 0.437. The predicted octanol–water partition coefficient (Wildman–Crippen LogP) is 4.20. The van der Waals surface area contributed by atoms with Crippen LogP contribution in [0.15, 0.2) is 60.9 Å². The lowest BCUT2D eigenvalue weighted by atomic mass is 9.96. The molecule has 2 fully saturated rings. The number of nitrogens with zero attached hydrogens (tertiary/aromatic N) is 7. The average Bonchev–Trinajstić information content (AvgIpc) is 3.65. The molecule has 3 heterocycles. The van der Waals surface area contributed by atoms with Gasteiger partial charge >= 0.3 is 0 Å². The first-order valence-corrected chi connectivity index (χ1v) is 13.2. The lowest BCUT2D eigenvalue weighted by molar-refractivity contribution is 0.102. The third kappa shape index (κ3) is 5.37. The Hall–Kier alpha value is -4.25. The minimum Gasteiger partial charge on any atom is -0.378 e. The summed E-state index contributed by atoms with van der Waals surface area (Å²) in [6.45, 7) is 3.23. The van der Waals surface area contributed by atoms with Crippen LogP contribution in [-0.2, 0) is 4.74 Å². The van der Waals surface area contributed by atoms with Crippen molar-refractivity contribution in [1.29, 1.82) is 0 Å². The van der Waals surface area contributed by atoms with E-state index >= 15 is 0 Å². The molecule has 1 saturated heterocycles. The minimum absolute atomic E-state index is 0.178. The van der Waals surface area contributed by atoms with E-state index in [-0.39, 0.29) is 5.91 Å². The van der Waals surface area contributed by atoms with Crippen LogP contribution in [0.5, 0.6) is 0 Å². The van der Waals surface area contributed by atoms with E-state index in [1.807, 2.05) is 53.3 Å². The van der Waals surface area contributed by atoms with E-state index in [1.54, 1.807) is 16.9 Å². The van der Waals surface area contributed by atoms with Crippen molar-refractivity contribution in [3.05, 3.63) is 66.5 Å². The molecule has 1 aliphatic heterocycles. The van der Waals surface area contributed by atoms with E-state index in [0.29, 0.717) is 17.6 Å². The molecule has 38 heavy (non-hydrogen) atoms. The summed E-state index contributed by atoms with van der Waals surface area (Å²) in [4.78, 5) is 15.3. The highest BCUT2D eigenvalue weighted by Gasteiger charge is 2.20. The van der Waals surface area contributed by atoms with E-state index in [2.05, 4.69) is 36.2 Å². The molecule has 0 atom stereocenters. The van der Waals surface area contributed by atoms with Gasteiger partial charge in [-0.15, -0.1) is 0 Å². The highest BCUT2D eigenvalue weighted by atomic mass is 16.5. The highest BCUT2D eigenvalue weighted by molar-refractivity contribution is 6.04. The van der Waals surface area contributed by atoms with Crippen molar-refractivity contribution >= 4 is 28.9 Å². The number of anilines is 4. The SMILES string of the molecule is O=C(Nc1ccc(N2CCOCC2)cc1)c1cccc(-n2cc(Nc3nnnn3C3CCCCC3)cn2)c1. The van der Waals surface area contributed by atoms with Gasteiger partial charge in [0.15, 0.2) is 0 Å². The van der Waals surface area contributed by atoms with Crippen molar-refractivity contribution < 1.29 is 9.53 Å². The van der Waals surface area contributed by atoms with Crippen LogP contribution in [0.4, 0.5) is 23.0 Å². The molecule has 0 bridgehead atoms. The molecule has 11 heteroatoms. The molecule has 11 nitrogen and oxygen atoms in total. The molecule has 0 unspecified atom stereocenters. The summed E-state index contributed by atoms with van der Waals surface area (Å²) >= 11 is 0. The Morgan fingerprint density at radius 2 is 1.76 bits per heavy atom. The van der Waals surface area contributed by atoms with E-state index < -0.39 is 0 Å². The maximum absolute atomic E-state index is 13.0. The molecule has 0 spiro atoms. The molecule has 4 aromatic rings. The molecule has 2 aliphatic rings. The van der Waals surface area contributed by atoms with Gasteiger partial charge < -0.3 is 20.3 Å². The fourth-order valence-corrected chi connectivity index (χ4v) is 5.08. The molecule has 1 saturated carbocycles. The number of amides is 1. The molecule has 196 valence electrons. The fourth-order valence-electron chi connectivity index (χ4n) is 5.08. The van der Waals surface area contributed by atoms with Crippen LogP contribution in [0.1, 0.15) is 48.5 Å². The topological polar surface area (TPSA) is 115 Å². The van der Waals surface area contributed by atoms with Crippen molar-refractivity contribution in [3.8, 4) is 5.69 Å². The number of morpholine rings is 1. The van der Waals surface area contributed by atoms with Crippen molar-refractivity contribution in [3.63, 3.8) is 0 Å². The number of ether oxygens (including phenoxy) is 1. The van der Waals surface area contributed by atoms with Crippen LogP contribution in [-0.4, -0.2) is 62.2 Å². The molecular formula is C27H31N9O2. The van der Waals surface area contributed by atoms with Crippen LogP contribution >= 0.6 is 0 Å². The van der Waals surface area contributed by atoms with E-state index in [9.17, 15) is 4.79 Å². The number of hydrogen-bond donors (Lipinski definition) is 2. The summed E-state index contributed by atoms with van der Waals surface area (Å²) in [6.07, 6.45) is 9.44. The molecular weight excluding hydrogens is 482 g/mol. The van der Waals surface area contributed by atoms with Gasteiger partial charge in [-0.3, -0.25) is 4.79 Å². The maximum atomic E-state index is 13.0. The number of benzene rings is 2. The lowest BCUT2D eigenvalue weighted by Crippen LogP contribution is -2.36. The summed E-state index contributed by atoms with van der Waals surface area (Å²) in [5.41, 5.74) is 3.97. The van der Waals surface area contributed by atoms with Gasteiger partial charge in [-0.1, -0.05) is 30.4 Å². The second-order valence-corrected chi connectivity index (χ2v) is 9.69. The van der Waals surface area contributed by atoms with Gasteiger partial charge in [0.05, 0.1) is 43.0 Å². The number of tetrazole rings is 1. The molecule has 2 aromatic heterocycles. The number of rotatable bonds is 7. The lowest BCUT2D eigenvalue weighted by Gasteiger charge is -2.28. The van der Waals surface area contributed by atoms with Gasteiger partial charge in [0.25, 0.3) is 5.91 Å². The van der Waals surface area contributed by atoms with Crippen molar-refractivity contribution in [2.75, 3.05) is 41.8 Å². The molecule has 1 amide bonds. The number of aromatic nitrogens is 6. The molecule has 1 aliphatic carbocycles. The molecule has 2 N–H and O–H groups in total. The van der Waals surface area contributed by atoms with Gasteiger partial charge in [0.2, 0.25) is 5.95 Å². The highest BCUT2D eigenvalue weighted by Crippen LogP contribution is 2.30. The summed E-state index contributed by atoms with van der Waals surface area (Å²) in [5, 5.41) is 23.0. The first kappa shape index (κ1) is 24.1. The number of carbonyl (C=O) groups is 1. The van der Waals surface area contributed by atoms with Gasteiger partial charge in [-0.2, -0.15) is 5.10 Å². The number of nitrogens with one attached hydrogen (secondary N) is 2. The standard InChI is InChI=1S/C27H31N9O2/c37-26(29-21-9-11-23(12-10-21)34-13-15-38-16-14-34)20-5-4-8-25(17-20)35-19-22(18-28-35)30-27-31-32-33-36(27)24-6-2-1-3-7-24/h4-5,8-12,17-19,24H,1-3,6-7,13-16H2,(H,29,37)(H,30,31,33). The Balaban J connectivity index is 1.11. The zero-order chi connectivity index (χ0) is 25.7. The van der Waals surface area contributed by atoms with E-state index in [0.717, 1.165) is 61.9 Å². The summed E-state index contributed by atoms with van der Waals surface area (Å²) in [6, 6.07) is 15.6. The van der Waals surface area contributed by atoms with Gasteiger partial charge in [-0.25, -0.2) is 9.36 Å². The summed E-state index contributed by atoms with van der Waals surface area (Å²) < 4.78 is 9.03. The Morgan fingerprint density at radius 1 is 0.947 bits per heavy atom.